The van der Waals surface area contributed by atoms with Crippen LogP contribution in [0.3, 0.4) is 0 Å². The highest BCUT2D eigenvalue weighted by atomic mass is 16.5. The summed E-state index contributed by atoms with van der Waals surface area (Å²) >= 11 is 0. The largest absolute Gasteiger partial charge is 0.462 e. The van der Waals surface area contributed by atoms with E-state index in [4.69, 9.17) is 4.74 Å². The Hall–Kier alpha value is -2.17. The van der Waals surface area contributed by atoms with E-state index >= 15 is 0 Å². The Labute approximate surface area is 142 Å². The van der Waals surface area contributed by atoms with E-state index in [0.717, 1.165) is 38.5 Å². The number of carbonyl (C=O) groups excluding carboxylic acids is 3. The lowest BCUT2D eigenvalue weighted by Gasteiger charge is -2.19. The van der Waals surface area contributed by atoms with Crippen molar-refractivity contribution in [1.29, 1.82) is 0 Å². The number of fused-ring (bicyclic) bond motifs is 1. The fraction of sp³-hybridized carbons (Fsp3) is 0.526. The second kappa shape index (κ2) is 7.16. The minimum atomic E-state index is -0.372. The molecule has 5 heteroatoms. The van der Waals surface area contributed by atoms with E-state index in [1.54, 1.807) is 24.3 Å². The van der Waals surface area contributed by atoms with Gasteiger partial charge in [-0.3, -0.25) is 14.5 Å². The van der Waals surface area contributed by atoms with Gasteiger partial charge in [-0.25, -0.2) is 4.79 Å². The van der Waals surface area contributed by atoms with Crippen LogP contribution < -0.4 is 4.90 Å². The standard InChI is InChI=1S/C19H23NO4/c1-2-3-12-24-19(23)13-8-10-14(11-9-13)20-17(21)15-6-4-5-7-16(15)18(20)22/h8-11,15-16H,2-7,12H2,1H3/t15-,16-/m0/s1. The molecule has 0 radical (unpaired) electrons. The van der Waals surface area contributed by atoms with Crippen LogP contribution in [0.2, 0.25) is 0 Å². The molecule has 2 fully saturated rings. The van der Waals surface area contributed by atoms with Crippen molar-refractivity contribution in [1.82, 2.24) is 0 Å². The van der Waals surface area contributed by atoms with Crippen LogP contribution in [0.15, 0.2) is 24.3 Å². The van der Waals surface area contributed by atoms with E-state index in [-0.39, 0.29) is 29.6 Å². The van der Waals surface area contributed by atoms with E-state index in [1.807, 2.05) is 6.92 Å². The van der Waals surface area contributed by atoms with Crippen LogP contribution in [0.5, 0.6) is 0 Å². The van der Waals surface area contributed by atoms with Gasteiger partial charge < -0.3 is 4.74 Å². The van der Waals surface area contributed by atoms with Crippen molar-refractivity contribution < 1.29 is 19.1 Å². The summed E-state index contributed by atoms with van der Waals surface area (Å²) in [6.07, 6.45) is 5.42. The van der Waals surface area contributed by atoms with Gasteiger partial charge in [-0.1, -0.05) is 26.2 Å². The number of unbranched alkanes of at least 4 members (excludes halogenated alkanes) is 1. The van der Waals surface area contributed by atoms with Crippen LogP contribution in [-0.2, 0) is 14.3 Å². The van der Waals surface area contributed by atoms with Crippen molar-refractivity contribution in [3.05, 3.63) is 29.8 Å². The first-order valence-electron chi connectivity index (χ1n) is 8.78. The van der Waals surface area contributed by atoms with Gasteiger partial charge in [0.25, 0.3) is 0 Å². The molecule has 128 valence electrons. The number of ether oxygens (including phenoxy) is 1. The van der Waals surface area contributed by atoms with Crippen molar-refractivity contribution in [3.8, 4) is 0 Å². The summed E-state index contributed by atoms with van der Waals surface area (Å²) in [4.78, 5) is 38.3. The van der Waals surface area contributed by atoms with Crippen LogP contribution >= 0.6 is 0 Å². The SMILES string of the molecule is CCCCOC(=O)c1ccc(N2C(=O)[C@H]3CCCC[C@@H]3C2=O)cc1. The van der Waals surface area contributed by atoms with Gasteiger partial charge in [0.05, 0.1) is 29.7 Å². The zero-order chi connectivity index (χ0) is 17.1. The second-order valence-electron chi connectivity index (χ2n) is 6.55. The predicted molar refractivity (Wildman–Crippen MR) is 89.6 cm³/mol. The smallest absolute Gasteiger partial charge is 0.338 e. The van der Waals surface area contributed by atoms with Gasteiger partial charge in [0.1, 0.15) is 0 Å². The number of amides is 2. The first-order chi connectivity index (χ1) is 11.6. The van der Waals surface area contributed by atoms with Gasteiger partial charge in [0.15, 0.2) is 0 Å². The fourth-order valence-corrected chi connectivity index (χ4v) is 3.56. The van der Waals surface area contributed by atoms with Crippen LogP contribution in [0.4, 0.5) is 5.69 Å². The lowest BCUT2D eigenvalue weighted by Crippen LogP contribution is -2.30. The monoisotopic (exact) mass is 329 g/mol. The molecule has 1 saturated heterocycles. The molecule has 1 heterocycles. The maximum Gasteiger partial charge on any atom is 0.338 e. The Morgan fingerprint density at radius 3 is 2.21 bits per heavy atom. The van der Waals surface area contributed by atoms with Gasteiger partial charge in [-0.2, -0.15) is 0 Å². The summed E-state index contributed by atoms with van der Waals surface area (Å²) in [6.45, 7) is 2.44. The minimum absolute atomic E-state index is 0.0945. The minimum Gasteiger partial charge on any atom is -0.462 e. The molecule has 0 unspecified atom stereocenters. The van der Waals surface area contributed by atoms with Crippen molar-refractivity contribution in [2.45, 2.75) is 45.4 Å². The summed E-state index contributed by atoms with van der Waals surface area (Å²) in [6, 6.07) is 6.55. The fourth-order valence-electron chi connectivity index (χ4n) is 3.56. The predicted octanol–water partition coefficient (Wildman–Crippen LogP) is 3.32. The molecule has 0 aromatic heterocycles. The lowest BCUT2D eigenvalue weighted by molar-refractivity contribution is -0.122. The highest BCUT2D eigenvalue weighted by Crippen LogP contribution is 2.40. The molecule has 1 aromatic carbocycles. The van der Waals surface area contributed by atoms with E-state index in [0.29, 0.717) is 17.9 Å². The van der Waals surface area contributed by atoms with E-state index in [9.17, 15) is 14.4 Å². The molecular formula is C19H23NO4. The highest BCUT2D eigenvalue weighted by Gasteiger charge is 2.48. The molecular weight excluding hydrogens is 306 g/mol. The van der Waals surface area contributed by atoms with Crippen molar-refractivity contribution in [3.63, 3.8) is 0 Å². The zero-order valence-corrected chi connectivity index (χ0v) is 14.0. The Morgan fingerprint density at radius 2 is 1.67 bits per heavy atom. The van der Waals surface area contributed by atoms with Gasteiger partial charge in [0, 0.05) is 0 Å². The molecule has 0 N–H and O–H groups in total. The number of hydrogen-bond acceptors (Lipinski definition) is 4. The normalized spacial score (nSPS) is 23.3. The summed E-state index contributed by atoms with van der Waals surface area (Å²) < 4.78 is 5.17. The number of esters is 1. The third-order valence-electron chi connectivity index (χ3n) is 4.93. The number of anilines is 1. The molecule has 0 spiro atoms. The van der Waals surface area contributed by atoms with E-state index in [1.165, 1.54) is 4.90 Å². The zero-order valence-electron chi connectivity index (χ0n) is 14.0. The molecule has 1 aliphatic heterocycles. The Balaban J connectivity index is 1.72. The molecule has 0 bridgehead atoms. The number of carbonyl (C=O) groups is 3. The van der Waals surface area contributed by atoms with Gasteiger partial charge in [-0.15, -0.1) is 0 Å². The van der Waals surface area contributed by atoms with Crippen molar-refractivity contribution >= 4 is 23.5 Å². The third kappa shape index (κ3) is 3.07. The Morgan fingerprint density at radius 1 is 1.08 bits per heavy atom. The number of benzene rings is 1. The molecule has 2 amide bonds. The molecule has 1 aliphatic carbocycles. The van der Waals surface area contributed by atoms with Gasteiger partial charge >= 0.3 is 5.97 Å². The maximum absolute atomic E-state index is 12.6. The molecule has 2 atom stereocenters. The molecule has 2 aliphatic rings. The van der Waals surface area contributed by atoms with E-state index < -0.39 is 0 Å². The highest BCUT2D eigenvalue weighted by molar-refractivity contribution is 6.22. The van der Waals surface area contributed by atoms with Crippen LogP contribution in [-0.4, -0.2) is 24.4 Å². The first-order valence-corrected chi connectivity index (χ1v) is 8.78. The number of rotatable bonds is 5. The summed E-state index contributed by atoms with van der Waals surface area (Å²) in [5, 5.41) is 0. The summed E-state index contributed by atoms with van der Waals surface area (Å²) in [5.74, 6) is -0.886. The lowest BCUT2D eigenvalue weighted by atomic mass is 9.81. The van der Waals surface area contributed by atoms with Crippen LogP contribution in [0.1, 0.15) is 55.8 Å². The number of imide groups is 1. The molecule has 3 rings (SSSR count). The van der Waals surface area contributed by atoms with Gasteiger partial charge in [-0.05, 0) is 43.5 Å². The molecule has 24 heavy (non-hydrogen) atoms. The molecule has 1 saturated carbocycles. The number of hydrogen-bond donors (Lipinski definition) is 0. The summed E-state index contributed by atoms with van der Waals surface area (Å²) in [7, 11) is 0. The quantitative estimate of drug-likeness (QED) is 0.472. The Bertz CT molecular complexity index is 613. The van der Waals surface area contributed by atoms with Gasteiger partial charge in [0.2, 0.25) is 11.8 Å². The molecule has 1 aromatic rings. The van der Waals surface area contributed by atoms with Crippen LogP contribution in [0, 0.1) is 11.8 Å². The van der Waals surface area contributed by atoms with Crippen molar-refractivity contribution in [2.24, 2.45) is 11.8 Å². The average Bonchev–Trinajstić information content (AvgIpc) is 2.87. The Kier molecular flexibility index (Phi) is 4.97. The topological polar surface area (TPSA) is 63.7 Å². The molecule has 5 nitrogen and oxygen atoms in total. The second-order valence-corrected chi connectivity index (χ2v) is 6.55. The number of nitrogens with zero attached hydrogens (tertiary/aromatic N) is 1. The van der Waals surface area contributed by atoms with Crippen LogP contribution in [0.25, 0.3) is 0 Å². The first kappa shape index (κ1) is 16.7. The van der Waals surface area contributed by atoms with E-state index in [2.05, 4.69) is 0 Å². The van der Waals surface area contributed by atoms with Crippen molar-refractivity contribution in [2.75, 3.05) is 11.5 Å². The third-order valence-corrected chi connectivity index (χ3v) is 4.93. The average molecular weight is 329 g/mol. The maximum atomic E-state index is 12.6. The summed E-state index contributed by atoms with van der Waals surface area (Å²) in [5.41, 5.74) is 0.982.